The summed E-state index contributed by atoms with van der Waals surface area (Å²) in [5, 5.41) is 11.7. The van der Waals surface area contributed by atoms with Crippen LogP contribution in [0, 0.1) is 5.41 Å². The third-order valence-electron chi connectivity index (χ3n) is 5.76. The second-order valence-electron chi connectivity index (χ2n) is 7.72. The smallest absolute Gasteiger partial charge is 0.227 e. The Morgan fingerprint density at radius 2 is 2.11 bits per heavy atom. The average molecular weight is 359 g/mol. The normalized spacial score (nSPS) is 19.0. The Morgan fingerprint density at radius 1 is 1.22 bits per heavy atom. The number of benzene rings is 1. The van der Waals surface area contributed by atoms with E-state index in [9.17, 15) is 4.79 Å². The van der Waals surface area contributed by atoms with E-state index in [1.165, 1.54) is 11.1 Å². The fourth-order valence-electron chi connectivity index (χ4n) is 3.82. The molecule has 136 valence electrons. The molecule has 2 aliphatic rings. The fraction of sp³-hybridized carbons (Fsp3) is 0.333. The molecule has 27 heavy (non-hydrogen) atoms. The zero-order chi connectivity index (χ0) is 18.3. The summed E-state index contributed by atoms with van der Waals surface area (Å²) in [4.78, 5) is 16.7. The lowest BCUT2D eigenvalue weighted by Gasteiger charge is -2.29. The first-order valence-corrected chi connectivity index (χ1v) is 9.39. The summed E-state index contributed by atoms with van der Waals surface area (Å²) in [6, 6.07) is 12.1. The van der Waals surface area contributed by atoms with Gasteiger partial charge in [0.05, 0.1) is 12.1 Å². The number of carbonyl (C=O) groups excluding carboxylic acids is 1. The Kier molecular flexibility index (Phi) is 3.77. The van der Waals surface area contributed by atoms with Gasteiger partial charge in [-0.2, -0.15) is 0 Å². The molecule has 0 aliphatic heterocycles. The maximum absolute atomic E-state index is 12.6. The van der Waals surface area contributed by atoms with Gasteiger partial charge in [0.2, 0.25) is 5.91 Å². The number of hydrogen-bond donors (Lipinski definition) is 1. The van der Waals surface area contributed by atoms with Crippen molar-refractivity contribution in [3.63, 3.8) is 0 Å². The summed E-state index contributed by atoms with van der Waals surface area (Å²) in [6.07, 6.45) is 8.56. The van der Waals surface area contributed by atoms with Gasteiger partial charge in [-0.25, -0.2) is 0 Å². The third kappa shape index (κ3) is 3.12. The van der Waals surface area contributed by atoms with Gasteiger partial charge in [0.1, 0.15) is 5.69 Å². The number of nitrogens with zero attached hydrogens (tertiary/aromatic N) is 4. The molecule has 1 saturated carbocycles. The highest BCUT2D eigenvalue weighted by Gasteiger charge is 2.44. The van der Waals surface area contributed by atoms with E-state index in [1.54, 1.807) is 12.4 Å². The first-order valence-electron chi connectivity index (χ1n) is 9.39. The van der Waals surface area contributed by atoms with E-state index in [0.717, 1.165) is 37.1 Å². The van der Waals surface area contributed by atoms with Crippen LogP contribution >= 0.6 is 0 Å². The minimum absolute atomic E-state index is 0.0144. The second-order valence-corrected chi connectivity index (χ2v) is 7.72. The van der Waals surface area contributed by atoms with Gasteiger partial charge in [-0.15, -0.1) is 5.10 Å². The lowest BCUT2D eigenvalue weighted by atomic mass is 9.77. The van der Waals surface area contributed by atoms with E-state index in [4.69, 9.17) is 0 Å². The van der Waals surface area contributed by atoms with E-state index < -0.39 is 0 Å². The molecular formula is C21H21N5O. The molecule has 6 heteroatoms. The molecule has 0 radical (unpaired) electrons. The van der Waals surface area contributed by atoms with Crippen LogP contribution in [0.1, 0.15) is 29.9 Å². The SMILES string of the molecule is O=C(NCC1(Cn2cc(-c3cccnc3)nn2)CC1)C1Cc2ccccc21. The van der Waals surface area contributed by atoms with Crippen molar-refractivity contribution in [2.75, 3.05) is 6.54 Å². The molecule has 0 spiro atoms. The lowest BCUT2D eigenvalue weighted by Crippen LogP contribution is -2.39. The number of nitrogens with one attached hydrogen (secondary N) is 1. The Hall–Kier alpha value is -3.02. The zero-order valence-corrected chi connectivity index (χ0v) is 15.0. The Balaban J connectivity index is 1.20. The highest BCUT2D eigenvalue weighted by Crippen LogP contribution is 2.46. The minimum Gasteiger partial charge on any atom is -0.355 e. The first kappa shape index (κ1) is 16.2. The van der Waals surface area contributed by atoms with Gasteiger partial charge in [0.25, 0.3) is 0 Å². The molecule has 1 N–H and O–H groups in total. The van der Waals surface area contributed by atoms with Crippen molar-refractivity contribution in [2.24, 2.45) is 5.41 Å². The van der Waals surface area contributed by atoms with Crippen LogP contribution in [-0.4, -0.2) is 32.4 Å². The summed E-state index contributed by atoms with van der Waals surface area (Å²) < 4.78 is 1.89. The molecule has 1 fully saturated rings. The Labute approximate surface area is 157 Å². The highest BCUT2D eigenvalue weighted by atomic mass is 16.1. The lowest BCUT2D eigenvalue weighted by molar-refractivity contribution is -0.123. The fourth-order valence-corrected chi connectivity index (χ4v) is 3.82. The summed E-state index contributed by atoms with van der Waals surface area (Å²) in [5.41, 5.74) is 4.37. The van der Waals surface area contributed by atoms with Gasteiger partial charge in [0.15, 0.2) is 0 Å². The van der Waals surface area contributed by atoms with Gasteiger partial charge < -0.3 is 5.32 Å². The van der Waals surface area contributed by atoms with Crippen LogP contribution in [0.4, 0.5) is 0 Å². The number of fused-ring (bicyclic) bond motifs is 1. The number of carbonyl (C=O) groups is 1. The van der Waals surface area contributed by atoms with Gasteiger partial charge >= 0.3 is 0 Å². The number of rotatable bonds is 6. The van der Waals surface area contributed by atoms with Gasteiger partial charge in [-0.05, 0) is 42.5 Å². The van der Waals surface area contributed by atoms with Crippen molar-refractivity contribution in [3.05, 3.63) is 66.1 Å². The standard InChI is InChI=1S/C21H21N5O/c27-20(18-10-15-4-1-2-6-17(15)18)23-13-21(7-8-21)14-26-12-19(24-25-26)16-5-3-9-22-11-16/h1-6,9,11-12,18H,7-8,10,13-14H2,(H,23,27). The molecule has 2 heterocycles. The maximum Gasteiger partial charge on any atom is 0.227 e. The molecule has 1 aromatic carbocycles. The predicted octanol–water partition coefficient (Wildman–Crippen LogP) is 2.58. The van der Waals surface area contributed by atoms with Crippen LogP contribution in [0.15, 0.2) is 55.0 Å². The molecular weight excluding hydrogens is 338 g/mol. The van der Waals surface area contributed by atoms with Crippen molar-refractivity contribution >= 4 is 5.91 Å². The van der Waals surface area contributed by atoms with E-state index in [2.05, 4.69) is 32.7 Å². The molecule has 1 unspecified atom stereocenters. The molecule has 6 nitrogen and oxygen atoms in total. The number of amides is 1. The molecule has 0 bridgehead atoms. The van der Waals surface area contributed by atoms with Crippen LogP contribution in [0.2, 0.25) is 0 Å². The minimum atomic E-state index is 0.0144. The van der Waals surface area contributed by atoms with E-state index in [0.29, 0.717) is 6.54 Å². The molecule has 1 atom stereocenters. The van der Waals surface area contributed by atoms with Crippen LogP contribution in [-0.2, 0) is 17.8 Å². The molecule has 1 amide bonds. The molecule has 0 saturated heterocycles. The summed E-state index contributed by atoms with van der Waals surface area (Å²) in [7, 11) is 0. The van der Waals surface area contributed by atoms with E-state index in [-0.39, 0.29) is 17.2 Å². The van der Waals surface area contributed by atoms with Crippen LogP contribution in [0.25, 0.3) is 11.3 Å². The quantitative estimate of drug-likeness (QED) is 0.734. The van der Waals surface area contributed by atoms with Crippen molar-refractivity contribution in [3.8, 4) is 11.3 Å². The second kappa shape index (κ2) is 6.30. The Morgan fingerprint density at radius 3 is 2.89 bits per heavy atom. The number of hydrogen-bond acceptors (Lipinski definition) is 4. The predicted molar refractivity (Wildman–Crippen MR) is 101 cm³/mol. The van der Waals surface area contributed by atoms with Crippen LogP contribution < -0.4 is 5.32 Å². The monoisotopic (exact) mass is 359 g/mol. The largest absolute Gasteiger partial charge is 0.355 e. The van der Waals surface area contributed by atoms with E-state index in [1.807, 2.05) is 35.1 Å². The molecule has 2 aromatic heterocycles. The summed E-state index contributed by atoms with van der Waals surface area (Å²) in [5.74, 6) is 0.162. The number of aromatic nitrogens is 4. The first-order chi connectivity index (χ1) is 13.2. The topological polar surface area (TPSA) is 72.7 Å². The molecule has 3 aromatic rings. The zero-order valence-electron chi connectivity index (χ0n) is 15.0. The van der Waals surface area contributed by atoms with Crippen molar-refractivity contribution < 1.29 is 4.79 Å². The summed E-state index contributed by atoms with van der Waals surface area (Å²) >= 11 is 0. The highest BCUT2D eigenvalue weighted by molar-refractivity contribution is 5.86. The Bertz CT molecular complexity index is 977. The molecule has 5 rings (SSSR count). The third-order valence-corrected chi connectivity index (χ3v) is 5.76. The van der Waals surface area contributed by atoms with Crippen LogP contribution in [0.5, 0.6) is 0 Å². The van der Waals surface area contributed by atoms with Crippen LogP contribution in [0.3, 0.4) is 0 Å². The van der Waals surface area contributed by atoms with Crippen molar-refractivity contribution in [1.82, 2.24) is 25.3 Å². The molecule has 2 aliphatic carbocycles. The summed E-state index contributed by atoms with van der Waals surface area (Å²) in [6.45, 7) is 1.48. The van der Waals surface area contributed by atoms with Gasteiger partial charge in [-0.3, -0.25) is 14.5 Å². The van der Waals surface area contributed by atoms with Gasteiger partial charge in [0, 0.05) is 36.5 Å². The van der Waals surface area contributed by atoms with Gasteiger partial charge in [-0.1, -0.05) is 29.5 Å². The van der Waals surface area contributed by atoms with Crippen molar-refractivity contribution in [2.45, 2.75) is 31.7 Å². The van der Waals surface area contributed by atoms with E-state index >= 15 is 0 Å². The average Bonchev–Trinajstić information content (AvgIpc) is 3.28. The maximum atomic E-state index is 12.6. The number of pyridine rings is 1. The van der Waals surface area contributed by atoms with Crippen molar-refractivity contribution in [1.29, 1.82) is 0 Å².